The maximum Gasteiger partial charge on any atom is 0.355 e. The number of para-hydroxylation sites is 1. The van der Waals surface area contributed by atoms with Gasteiger partial charge in [0.05, 0.1) is 23.1 Å². The summed E-state index contributed by atoms with van der Waals surface area (Å²) in [5.74, 6) is -0.908. The van der Waals surface area contributed by atoms with Crippen LogP contribution in [0.25, 0.3) is 10.9 Å². The van der Waals surface area contributed by atoms with E-state index in [1.807, 2.05) is 0 Å². The van der Waals surface area contributed by atoms with E-state index in [1.165, 1.54) is 0 Å². The molecular weight excluding hydrogens is 362 g/mol. The standard InChI is InChI=1S/C20H21N3O5/c1-5-27-20(26)16-10(2)15(11(3)21-16)19(25)28-12(4)17-22-14-9-7-6-8-13(14)18(24)23-17/h6-9,12,21H,5H2,1-4H3,(H,22,23,24)/t12-/m1/s1. The molecule has 146 valence electrons. The summed E-state index contributed by atoms with van der Waals surface area (Å²) in [6.07, 6.45) is -0.787. The first-order chi connectivity index (χ1) is 13.3. The minimum atomic E-state index is -0.787. The number of H-pyrrole nitrogens is 2. The third-order valence-corrected chi connectivity index (χ3v) is 4.42. The van der Waals surface area contributed by atoms with E-state index in [4.69, 9.17) is 9.47 Å². The first-order valence-electron chi connectivity index (χ1n) is 8.89. The largest absolute Gasteiger partial charge is 0.461 e. The number of hydrogen-bond donors (Lipinski definition) is 2. The summed E-state index contributed by atoms with van der Waals surface area (Å²) >= 11 is 0. The predicted octanol–water partition coefficient (Wildman–Crippen LogP) is 2.96. The number of carbonyl (C=O) groups excluding carboxylic acids is 2. The van der Waals surface area contributed by atoms with Crippen LogP contribution < -0.4 is 5.56 Å². The second-order valence-electron chi connectivity index (χ2n) is 6.36. The molecule has 0 aliphatic heterocycles. The highest BCUT2D eigenvalue weighted by Gasteiger charge is 2.25. The molecule has 0 aliphatic rings. The van der Waals surface area contributed by atoms with Crippen LogP contribution in [0.1, 0.15) is 57.9 Å². The summed E-state index contributed by atoms with van der Waals surface area (Å²) in [6, 6.07) is 6.92. The van der Waals surface area contributed by atoms with Gasteiger partial charge in [-0.2, -0.15) is 0 Å². The number of nitrogens with one attached hydrogen (secondary N) is 2. The Bertz CT molecular complexity index is 1110. The van der Waals surface area contributed by atoms with Crippen molar-refractivity contribution in [2.75, 3.05) is 6.61 Å². The number of hydrogen-bond acceptors (Lipinski definition) is 6. The third-order valence-electron chi connectivity index (χ3n) is 4.42. The van der Waals surface area contributed by atoms with Crippen LogP contribution in [0.5, 0.6) is 0 Å². The molecule has 3 rings (SSSR count). The molecule has 8 heteroatoms. The maximum atomic E-state index is 12.7. The number of aromatic amines is 2. The quantitative estimate of drug-likeness (QED) is 0.655. The summed E-state index contributed by atoms with van der Waals surface area (Å²) in [5, 5.41) is 0.459. The van der Waals surface area contributed by atoms with Gasteiger partial charge in [-0.15, -0.1) is 0 Å². The van der Waals surface area contributed by atoms with Crippen molar-refractivity contribution in [3.8, 4) is 0 Å². The van der Waals surface area contributed by atoms with Gasteiger partial charge in [0.15, 0.2) is 11.9 Å². The first kappa shape index (κ1) is 19.3. The van der Waals surface area contributed by atoms with E-state index in [0.29, 0.717) is 22.2 Å². The molecule has 0 amide bonds. The predicted molar refractivity (Wildman–Crippen MR) is 102 cm³/mol. The number of aryl methyl sites for hydroxylation is 1. The summed E-state index contributed by atoms with van der Waals surface area (Å²) in [6.45, 7) is 6.88. The number of rotatable bonds is 5. The highest BCUT2D eigenvalue weighted by Crippen LogP contribution is 2.23. The second kappa shape index (κ2) is 7.67. The van der Waals surface area contributed by atoms with E-state index in [-0.39, 0.29) is 29.2 Å². The Labute approximate surface area is 160 Å². The number of ether oxygens (including phenoxy) is 2. The first-order valence-corrected chi connectivity index (χ1v) is 8.89. The zero-order chi connectivity index (χ0) is 20.4. The van der Waals surface area contributed by atoms with Crippen molar-refractivity contribution in [3.63, 3.8) is 0 Å². The number of nitrogens with zero attached hydrogens (tertiary/aromatic N) is 1. The van der Waals surface area contributed by atoms with E-state index in [2.05, 4.69) is 15.0 Å². The van der Waals surface area contributed by atoms with Gasteiger partial charge in [0.2, 0.25) is 0 Å². The van der Waals surface area contributed by atoms with E-state index in [1.54, 1.807) is 52.0 Å². The van der Waals surface area contributed by atoms with Gasteiger partial charge in [0.1, 0.15) is 5.69 Å². The molecule has 3 aromatic rings. The van der Waals surface area contributed by atoms with Crippen LogP contribution in [0, 0.1) is 13.8 Å². The zero-order valence-electron chi connectivity index (χ0n) is 16.1. The highest BCUT2D eigenvalue weighted by molar-refractivity contribution is 5.98. The summed E-state index contributed by atoms with van der Waals surface area (Å²) in [4.78, 5) is 46.8. The lowest BCUT2D eigenvalue weighted by molar-refractivity contribution is 0.0318. The van der Waals surface area contributed by atoms with E-state index in [9.17, 15) is 14.4 Å². The van der Waals surface area contributed by atoms with E-state index >= 15 is 0 Å². The third kappa shape index (κ3) is 3.53. The molecule has 0 bridgehead atoms. The van der Waals surface area contributed by atoms with Gasteiger partial charge >= 0.3 is 11.9 Å². The molecule has 0 unspecified atom stereocenters. The lowest BCUT2D eigenvalue weighted by atomic mass is 10.1. The van der Waals surface area contributed by atoms with Crippen LogP contribution in [-0.4, -0.2) is 33.5 Å². The van der Waals surface area contributed by atoms with Gasteiger partial charge in [-0.05, 0) is 45.4 Å². The van der Waals surface area contributed by atoms with Gasteiger partial charge in [0.25, 0.3) is 5.56 Å². The Balaban J connectivity index is 1.87. The molecule has 0 spiro atoms. The number of benzene rings is 1. The molecule has 2 N–H and O–H groups in total. The minimum Gasteiger partial charge on any atom is -0.461 e. The van der Waals surface area contributed by atoms with Gasteiger partial charge < -0.3 is 19.4 Å². The van der Waals surface area contributed by atoms with Gasteiger partial charge in [0, 0.05) is 5.69 Å². The van der Waals surface area contributed by atoms with Crippen LogP contribution in [0.4, 0.5) is 0 Å². The Kier molecular flexibility index (Phi) is 5.30. The van der Waals surface area contributed by atoms with Crippen molar-refractivity contribution in [2.45, 2.75) is 33.8 Å². The monoisotopic (exact) mass is 383 g/mol. The number of aromatic nitrogens is 3. The molecular formula is C20H21N3O5. The van der Waals surface area contributed by atoms with Crippen molar-refractivity contribution in [2.24, 2.45) is 0 Å². The molecule has 8 nitrogen and oxygen atoms in total. The van der Waals surface area contributed by atoms with E-state index in [0.717, 1.165) is 0 Å². The molecule has 0 radical (unpaired) electrons. The number of esters is 2. The summed E-state index contributed by atoms with van der Waals surface area (Å²) in [5.41, 5.74) is 1.64. The molecule has 28 heavy (non-hydrogen) atoms. The van der Waals surface area contributed by atoms with Crippen molar-refractivity contribution < 1.29 is 19.1 Å². The zero-order valence-corrected chi connectivity index (χ0v) is 16.1. The fourth-order valence-corrected chi connectivity index (χ4v) is 3.04. The molecule has 1 atom stereocenters. The fourth-order valence-electron chi connectivity index (χ4n) is 3.04. The molecule has 2 aromatic heterocycles. The van der Waals surface area contributed by atoms with Crippen LogP contribution in [0.2, 0.25) is 0 Å². The van der Waals surface area contributed by atoms with Crippen LogP contribution in [0.3, 0.4) is 0 Å². The maximum absolute atomic E-state index is 12.7. The number of fused-ring (bicyclic) bond motifs is 1. The van der Waals surface area contributed by atoms with Crippen molar-refractivity contribution >= 4 is 22.8 Å². The van der Waals surface area contributed by atoms with Crippen molar-refractivity contribution in [1.82, 2.24) is 15.0 Å². The molecule has 1 aromatic carbocycles. The van der Waals surface area contributed by atoms with Crippen molar-refractivity contribution in [3.05, 3.63) is 63.0 Å². The summed E-state index contributed by atoms with van der Waals surface area (Å²) < 4.78 is 10.5. The van der Waals surface area contributed by atoms with Gasteiger partial charge in [-0.25, -0.2) is 14.6 Å². The topological polar surface area (TPSA) is 114 Å². The van der Waals surface area contributed by atoms with E-state index < -0.39 is 18.0 Å². The molecule has 0 fully saturated rings. The minimum absolute atomic E-state index is 0.219. The SMILES string of the molecule is CCOC(=O)c1[nH]c(C)c(C(=O)O[C@H](C)c2nc3ccccc3c(=O)[nH]2)c1C. The Morgan fingerprint density at radius 1 is 1.14 bits per heavy atom. The lowest BCUT2D eigenvalue weighted by Gasteiger charge is -2.13. The molecule has 0 aliphatic carbocycles. The second-order valence-corrected chi connectivity index (χ2v) is 6.36. The average Bonchev–Trinajstić information content (AvgIpc) is 2.96. The van der Waals surface area contributed by atoms with Crippen molar-refractivity contribution in [1.29, 1.82) is 0 Å². The lowest BCUT2D eigenvalue weighted by Crippen LogP contribution is -2.18. The normalized spacial score (nSPS) is 12.0. The average molecular weight is 383 g/mol. The van der Waals surface area contributed by atoms with Gasteiger partial charge in [-0.1, -0.05) is 12.1 Å². The van der Waals surface area contributed by atoms with Gasteiger partial charge in [-0.3, -0.25) is 4.79 Å². The Morgan fingerprint density at radius 2 is 1.86 bits per heavy atom. The molecule has 0 saturated carbocycles. The summed E-state index contributed by atoms with van der Waals surface area (Å²) in [7, 11) is 0. The molecule has 0 saturated heterocycles. The smallest absolute Gasteiger partial charge is 0.355 e. The van der Waals surface area contributed by atoms with Crippen LogP contribution >= 0.6 is 0 Å². The Hall–Kier alpha value is -3.42. The Morgan fingerprint density at radius 3 is 2.57 bits per heavy atom. The number of carbonyl (C=O) groups is 2. The van der Waals surface area contributed by atoms with Crippen LogP contribution in [0.15, 0.2) is 29.1 Å². The molecule has 2 heterocycles. The highest BCUT2D eigenvalue weighted by atomic mass is 16.5. The van der Waals surface area contributed by atoms with Crippen LogP contribution in [-0.2, 0) is 9.47 Å². The fraction of sp³-hybridized carbons (Fsp3) is 0.300.